The molecule has 5 aromatic carbocycles. The highest BCUT2D eigenvalue weighted by atomic mass is 16.7. The summed E-state index contributed by atoms with van der Waals surface area (Å²) in [6.45, 7) is 2.25. The van der Waals surface area contributed by atoms with Crippen molar-refractivity contribution in [3.63, 3.8) is 0 Å². The maximum absolute atomic E-state index is 11.4. The number of nitrogens with zero attached hydrogens (tertiary/aromatic N) is 1. The summed E-state index contributed by atoms with van der Waals surface area (Å²) in [5.74, 6) is 1.46. The fourth-order valence-electron chi connectivity index (χ4n) is 5.78. The van der Waals surface area contributed by atoms with Crippen LogP contribution in [0.25, 0.3) is 0 Å². The molecule has 1 aliphatic heterocycles. The van der Waals surface area contributed by atoms with Crippen LogP contribution in [0.2, 0.25) is 0 Å². The van der Waals surface area contributed by atoms with E-state index in [0.717, 1.165) is 25.1 Å². The van der Waals surface area contributed by atoms with Gasteiger partial charge in [-0.2, -0.15) is 0 Å². The van der Waals surface area contributed by atoms with Gasteiger partial charge in [0.2, 0.25) is 6.79 Å². The standard InChI is InChI=1S/C37H36N2O3/c40-33-21-22-34-37(42-27-41-34)35(33)36(38-24-29-15-7-2-8-16-29)32(23-28-13-5-1-6-14-28)39(25-30-17-9-3-10-18-30)26-31-19-11-4-12-20-31/h1-22,32,36,38,40H,23-27H2/t32-,36+/m0/s1. The summed E-state index contributed by atoms with van der Waals surface area (Å²) < 4.78 is 11.8. The number of rotatable bonds is 12. The lowest BCUT2D eigenvalue weighted by molar-refractivity contribution is 0.132. The highest BCUT2D eigenvalue weighted by Crippen LogP contribution is 2.46. The second-order valence-corrected chi connectivity index (χ2v) is 10.7. The predicted molar refractivity (Wildman–Crippen MR) is 166 cm³/mol. The summed E-state index contributed by atoms with van der Waals surface area (Å²) >= 11 is 0. The minimum atomic E-state index is -0.283. The smallest absolute Gasteiger partial charge is 0.231 e. The third-order valence-electron chi connectivity index (χ3n) is 7.83. The molecule has 1 heterocycles. The Hall–Kier alpha value is -4.58. The number of benzene rings is 5. The van der Waals surface area contributed by atoms with Crippen molar-refractivity contribution in [1.82, 2.24) is 10.2 Å². The molecule has 212 valence electrons. The average molecular weight is 557 g/mol. The Labute approximate surface area is 248 Å². The Kier molecular flexibility index (Phi) is 8.79. The van der Waals surface area contributed by atoms with Crippen LogP contribution in [0.3, 0.4) is 0 Å². The van der Waals surface area contributed by atoms with Crippen molar-refractivity contribution >= 4 is 0 Å². The number of fused-ring (bicyclic) bond motifs is 1. The number of nitrogens with one attached hydrogen (secondary N) is 1. The van der Waals surface area contributed by atoms with Gasteiger partial charge in [-0.05, 0) is 40.8 Å². The lowest BCUT2D eigenvalue weighted by Gasteiger charge is -2.39. The maximum atomic E-state index is 11.4. The molecule has 0 saturated carbocycles. The van der Waals surface area contributed by atoms with Crippen LogP contribution in [0.1, 0.15) is 33.9 Å². The lowest BCUT2D eigenvalue weighted by Crippen LogP contribution is -2.45. The molecule has 0 fully saturated rings. The van der Waals surface area contributed by atoms with E-state index in [2.05, 4.69) is 125 Å². The van der Waals surface area contributed by atoms with E-state index >= 15 is 0 Å². The minimum absolute atomic E-state index is 0.0573. The van der Waals surface area contributed by atoms with Crippen molar-refractivity contribution in [2.45, 2.75) is 38.1 Å². The number of hydrogen-bond acceptors (Lipinski definition) is 5. The SMILES string of the molecule is Oc1ccc2c(c1[C@H](NCc1ccccc1)[C@H](Cc1ccccc1)N(Cc1ccccc1)Cc1ccccc1)OCO2. The van der Waals surface area contributed by atoms with Gasteiger partial charge in [-0.1, -0.05) is 121 Å². The van der Waals surface area contributed by atoms with E-state index in [1.54, 1.807) is 12.1 Å². The van der Waals surface area contributed by atoms with Gasteiger partial charge in [-0.25, -0.2) is 0 Å². The van der Waals surface area contributed by atoms with Crippen LogP contribution in [0.5, 0.6) is 17.2 Å². The van der Waals surface area contributed by atoms with Crippen LogP contribution >= 0.6 is 0 Å². The molecule has 0 aliphatic carbocycles. The second kappa shape index (κ2) is 13.4. The zero-order chi connectivity index (χ0) is 28.6. The van der Waals surface area contributed by atoms with Gasteiger partial charge in [0.15, 0.2) is 11.5 Å². The van der Waals surface area contributed by atoms with Crippen molar-refractivity contribution in [3.8, 4) is 17.2 Å². The largest absolute Gasteiger partial charge is 0.507 e. The Balaban J connectivity index is 1.47. The fraction of sp³-hybridized carbons (Fsp3) is 0.189. The number of hydrogen-bond donors (Lipinski definition) is 2. The van der Waals surface area contributed by atoms with Gasteiger partial charge in [0.25, 0.3) is 0 Å². The van der Waals surface area contributed by atoms with Crippen molar-refractivity contribution in [2.75, 3.05) is 6.79 Å². The molecule has 42 heavy (non-hydrogen) atoms. The molecule has 0 spiro atoms. The monoisotopic (exact) mass is 556 g/mol. The fourth-order valence-corrected chi connectivity index (χ4v) is 5.78. The first-order valence-electron chi connectivity index (χ1n) is 14.5. The summed E-state index contributed by atoms with van der Waals surface area (Å²) in [7, 11) is 0. The van der Waals surface area contributed by atoms with E-state index in [9.17, 15) is 5.11 Å². The third kappa shape index (κ3) is 6.65. The van der Waals surface area contributed by atoms with Gasteiger partial charge in [-0.3, -0.25) is 4.90 Å². The Morgan fingerprint density at radius 2 is 1.14 bits per heavy atom. The van der Waals surface area contributed by atoms with E-state index in [1.807, 2.05) is 6.07 Å². The normalized spacial score (nSPS) is 13.6. The molecule has 0 saturated heterocycles. The van der Waals surface area contributed by atoms with Gasteiger partial charge in [0.1, 0.15) is 5.75 Å². The Morgan fingerprint density at radius 1 is 0.619 bits per heavy atom. The molecule has 5 aromatic rings. The average Bonchev–Trinajstić information content (AvgIpc) is 3.52. The Morgan fingerprint density at radius 3 is 1.71 bits per heavy atom. The van der Waals surface area contributed by atoms with Gasteiger partial charge in [0.05, 0.1) is 11.6 Å². The maximum Gasteiger partial charge on any atom is 0.231 e. The molecule has 0 unspecified atom stereocenters. The van der Waals surface area contributed by atoms with Crippen LogP contribution in [0.4, 0.5) is 0 Å². The lowest BCUT2D eigenvalue weighted by atomic mass is 9.90. The third-order valence-corrected chi connectivity index (χ3v) is 7.83. The molecule has 0 bridgehead atoms. The van der Waals surface area contributed by atoms with E-state index in [1.165, 1.54) is 22.3 Å². The second-order valence-electron chi connectivity index (χ2n) is 10.7. The first-order valence-corrected chi connectivity index (χ1v) is 14.5. The zero-order valence-electron chi connectivity index (χ0n) is 23.6. The van der Waals surface area contributed by atoms with E-state index in [0.29, 0.717) is 18.0 Å². The van der Waals surface area contributed by atoms with Crippen molar-refractivity contribution in [3.05, 3.63) is 161 Å². The minimum Gasteiger partial charge on any atom is -0.507 e. The highest BCUT2D eigenvalue weighted by Gasteiger charge is 2.35. The van der Waals surface area contributed by atoms with E-state index in [-0.39, 0.29) is 24.6 Å². The van der Waals surface area contributed by atoms with Gasteiger partial charge < -0.3 is 19.9 Å². The molecule has 5 heteroatoms. The summed E-state index contributed by atoms with van der Waals surface area (Å²) in [6.07, 6.45) is 0.761. The van der Waals surface area contributed by atoms with Crippen LogP contribution in [0, 0.1) is 0 Å². The summed E-state index contributed by atoms with van der Waals surface area (Å²) in [4.78, 5) is 2.52. The summed E-state index contributed by atoms with van der Waals surface area (Å²) in [5.41, 5.74) is 5.59. The first-order chi connectivity index (χ1) is 20.7. The molecule has 6 rings (SSSR count). The van der Waals surface area contributed by atoms with Gasteiger partial charge in [0, 0.05) is 25.7 Å². The summed E-state index contributed by atoms with van der Waals surface area (Å²) in [5, 5.41) is 15.3. The van der Waals surface area contributed by atoms with Crippen LogP contribution < -0.4 is 14.8 Å². The van der Waals surface area contributed by atoms with Crippen LogP contribution in [-0.2, 0) is 26.1 Å². The van der Waals surface area contributed by atoms with Crippen LogP contribution in [0.15, 0.2) is 133 Å². The molecule has 2 atom stereocenters. The van der Waals surface area contributed by atoms with Crippen LogP contribution in [-0.4, -0.2) is 22.8 Å². The molecule has 0 radical (unpaired) electrons. The predicted octanol–water partition coefficient (Wildman–Crippen LogP) is 7.27. The number of aromatic hydroxyl groups is 1. The van der Waals surface area contributed by atoms with Gasteiger partial charge >= 0.3 is 0 Å². The quantitative estimate of drug-likeness (QED) is 0.169. The molecular formula is C37H36N2O3. The summed E-state index contributed by atoms with van der Waals surface area (Å²) in [6, 6.07) is 45.3. The molecular weight excluding hydrogens is 520 g/mol. The van der Waals surface area contributed by atoms with Crippen molar-refractivity contribution in [2.24, 2.45) is 0 Å². The van der Waals surface area contributed by atoms with E-state index < -0.39 is 0 Å². The number of ether oxygens (including phenoxy) is 2. The molecule has 0 amide bonds. The van der Waals surface area contributed by atoms with Gasteiger partial charge in [-0.15, -0.1) is 0 Å². The molecule has 2 N–H and O–H groups in total. The molecule has 1 aliphatic rings. The number of phenolic OH excluding ortho intramolecular Hbond substituents is 1. The van der Waals surface area contributed by atoms with Crippen molar-refractivity contribution < 1.29 is 14.6 Å². The van der Waals surface area contributed by atoms with Crippen molar-refractivity contribution in [1.29, 1.82) is 0 Å². The topological polar surface area (TPSA) is 54.0 Å². The van der Waals surface area contributed by atoms with E-state index in [4.69, 9.17) is 9.47 Å². The molecule has 5 nitrogen and oxygen atoms in total. The first kappa shape index (κ1) is 27.6. The number of phenols is 1. The molecule has 0 aromatic heterocycles. The highest BCUT2D eigenvalue weighted by molar-refractivity contribution is 5.56. The Bertz CT molecular complexity index is 1500. The zero-order valence-corrected chi connectivity index (χ0v) is 23.6.